The van der Waals surface area contributed by atoms with Gasteiger partial charge in [0.1, 0.15) is 0 Å². The van der Waals surface area contributed by atoms with Crippen molar-refractivity contribution in [3.63, 3.8) is 0 Å². The molecule has 1 aromatic rings. The molecule has 0 unspecified atom stereocenters. The van der Waals surface area contributed by atoms with E-state index in [0.717, 1.165) is 12.8 Å². The lowest BCUT2D eigenvalue weighted by Crippen LogP contribution is -2.45. The first kappa shape index (κ1) is 16.7. The fourth-order valence-electron chi connectivity index (χ4n) is 2.18. The number of benzene rings is 1. The quantitative estimate of drug-likeness (QED) is 0.668. The van der Waals surface area contributed by atoms with Crippen LogP contribution in [-0.2, 0) is 0 Å². The van der Waals surface area contributed by atoms with Crippen LogP contribution >= 0.6 is 24.0 Å². The van der Waals surface area contributed by atoms with Gasteiger partial charge in [0.2, 0.25) is 0 Å². The van der Waals surface area contributed by atoms with E-state index in [4.69, 9.17) is 17.3 Å². The highest BCUT2D eigenvalue weighted by molar-refractivity contribution is 6.31. The summed E-state index contributed by atoms with van der Waals surface area (Å²) in [5.41, 5.74) is 5.87. The Balaban J connectivity index is 0.00000200. The number of amides is 1. The number of likely N-dealkylation sites (tertiary alicyclic amines) is 1. The first-order valence-electron chi connectivity index (χ1n) is 5.97. The van der Waals surface area contributed by atoms with E-state index in [2.05, 4.69) is 0 Å². The van der Waals surface area contributed by atoms with E-state index in [9.17, 15) is 14.9 Å². The number of halogens is 2. The summed E-state index contributed by atoms with van der Waals surface area (Å²) in [6.07, 6.45) is 1.73. The summed E-state index contributed by atoms with van der Waals surface area (Å²) >= 11 is 5.81. The first-order valence-corrected chi connectivity index (χ1v) is 6.35. The summed E-state index contributed by atoms with van der Waals surface area (Å²) in [6, 6.07) is 3.87. The number of hydrogen-bond acceptors (Lipinski definition) is 4. The Labute approximate surface area is 127 Å². The van der Waals surface area contributed by atoms with Gasteiger partial charge in [-0.1, -0.05) is 11.6 Å². The molecule has 2 rings (SSSR count). The molecule has 2 N–H and O–H groups in total. The molecular weight excluding hydrogens is 305 g/mol. The van der Waals surface area contributed by atoms with Gasteiger partial charge in [-0.05, 0) is 18.9 Å². The molecule has 0 radical (unpaired) electrons. The number of rotatable bonds is 2. The molecule has 1 fully saturated rings. The van der Waals surface area contributed by atoms with Gasteiger partial charge in [0.25, 0.3) is 11.6 Å². The van der Waals surface area contributed by atoms with Crippen LogP contribution in [0.25, 0.3) is 0 Å². The van der Waals surface area contributed by atoms with Crippen LogP contribution in [0.5, 0.6) is 0 Å². The predicted octanol–water partition coefficient (Wildman–Crippen LogP) is 2.23. The third kappa shape index (κ3) is 3.82. The molecule has 1 amide bonds. The van der Waals surface area contributed by atoms with Gasteiger partial charge >= 0.3 is 0 Å². The molecule has 0 bridgehead atoms. The van der Waals surface area contributed by atoms with Crippen molar-refractivity contribution >= 4 is 35.6 Å². The summed E-state index contributed by atoms with van der Waals surface area (Å²) in [7, 11) is 0. The van der Waals surface area contributed by atoms with Crippen LogP contribution in [0.15, 0.2) is 18.2 Å². The van der Waals surface area contributed by atoms with Crippen LogP contribution in [-0.4, -0.2) is 34.9 Å². The van der Waals surface area contributed by atoms with E-state index in [1.165, 1.54) is 18.2 Å². The molecule has 1 aromatic carbocycles. The fraction of sp³-hybridized carbons (Fsp3) is 0.417. The Kier molecular flexibility index (Phi) is 5.74. The lowest BCUT2D eigenvalue weighted by atomic mass is 10.1. The SMILES string of the molecule is Cl.N[C@@H]1CCCN(C(=O)c2cc(Cl)cc([N+](=O)[O-])c2)C1. The van der Waals surface area contributed by atoms with E-state index < -0.39 is 4.92 Å². The van der Waals surface area contributed by atoms with E-state index in [1.54, 1.807) is 4.90 Å². The minimum absolute atomic E-state index is 0. The van der Waals surface area contributed by atoms with E-state index in [-0.39, 0.29) is 40.6 Å². The second-order valence-corrected chi connectivity index (χ2v) is 5.05. The zero-order valence-corrected chi connectivity index (χ0v) is 12.2. The maximum Gasteiger partial charge on any atom is 0.271 e. The van der Waals surface area contributed by atoms with Crippen LogP contribution in [0.1, 0.15) is 23.2 Å². The Hall–Kier alpha value is -1.37. The molecule has 1 atom stereocenters. The highest BCUT2D eigenvalue weighted by atomic mass is 35.5. The molecule has 1 aliphatic rings. The van der Waals surface area contributed by atoms with Crippen molar-refractivity contribution in [1.82, 2.24) is 4.90 Å². The van der Waals surface area contributed by atoms with Crippen molar-refractivity contribution < 1.29 is 9.72 Å². The van der Waals surface area contributed by atoms with Gasteiger partial charge in [-0.2, -0.15) is 0 Å². The molecular formula is C12H15Cl2N3O3. The molecule has 6 nitrogen and oxygen atoms in total. The third-order valence-corrected chi connectivity index (χ3v) is 3.30. The lowest BCUT2D eigenvalue weighted by molar-refractivity contribution is -0.384. The summed E-state index contributed by atoms with van der Waals surface area (Å²) in [4.78, 5) is 24.1. The molecule has 8 heteroatoms. The van der Waals surface area contributed by atoms with Gasteiger partial charge in [-0.25, -0.2) is 0 Å². The van der Waals surface area contributed by atoms with Crippen molar-refractivity contribution in [3.8, 4) is 0 Å². The highest BCUT2D eigenvalue weighted by Gasteiger charge is 2.24. The minimum Gasteiger partial charge on any atom is -0.337 e. The number of carbonyl (C=O) groups excluding carboxylic acids is 1. The van der Waals surface area contributed by atoms with Gasteiger partial charge in [0.15, 0.2) is 0 Å². The smallest absolute Gasteiger partial charge is 0.271 e. The van der Waals surface area contributed by atoms with Gasteiger partial charge in [0, 0.05) is 41.9 Å². The van der Waals surface area contributed by atoms with Crippen LogP contribution < -0.4 is 5.73 Å². The molecule has 0 aromatic heterocycles. The lowest BCUT2D eigenvalue weighted by Gasteiger charge is -2.30. The topological polar surface area (TPSA) is 89.5 Å². The monoisotopic (exact) mass is 319 g/mol. The maximum atomic E-state index is 12.3. The van der Waals surface area contributed by atoms with Crippen molar-refractivity contribution in [2.75, 3.05) is 13.1 Å². The highest BCUT2D eigenvalue weighted by Crippen LogP contribution is 2.22. The second kappa shape index (κ2) is 6.88. The van der Waals surface area contributed by atoms with Crippen molar-refractivity contribution in [2.24, 2.45) is 5.73 Å². The largest absolute Gasteiger partial charge is 0.337 e. The van der Waals surface area contributed by atoms with Crippen LogP contribution in [0, 0.1) is 10.1 Å². The fourth-order valence-corrected chi connectivity index (χ4v) is 2.41. The van der Waals surface area contributed by atoms with Crippen molar-refractivity contribution in [2.45, 2.75) is 18.9 Å². The number of non-ortho nitro benzene ring substituents is 1. The molecule has 1 aliphatic heterocycles. The molecule has 0 saturated carbocycles. The van der Waals surface area contributed by atoms with E-state index >= 15 is 0 Å². The Morgan fingerprint density at radius 2 is 2.15 bits per heavy atom. The van der Waals surface area contributed by atoms with E-state index in [0.29, 0.717) is 13.1 Å². The number of nitro groups is 1. The number of nitrogens with two attached hydrogens (primary N) is 1. The molecule has 1 heterocycles. The summed E-state index contributed by atoms with van der Waals surface area (Å²) in [5, 5.41) is 10.9. The van der Waals surface area contributed by atoms with Crippen molar-refractivity contribution in [1.29, 1.82) is 0 Å². The normalized spacial score (nSPS) is 18.3. The minimum atomic E-state index is -0.565. The summed E-state index contributed by atoms with van der Waals surface area (Å²) < 4.78 is 0. The summed E-state index contributed by atoms with van der Waals surface area (Å²) in [5.74, 6) is -0.263. The number of nitro benzene ring substituents is 1. The standard InChI is InChI=1S/C12H14ClN3O3.ClH/c13-9-4-8(5-11(6-9)16(18)19)12(17)15-3-1-2-10(14)7-15;/h4-6,10H,1-3,7,14H2;1H/t10-;/m1./s1. The molecule has 1 saturated heterocycles. The van der Waals surface area contributed by atoms with Crippen LogP contribution in [0.2, 0.25) is 5.02 Å². The van der Waals surface area contributed by atoms with Gasteiger partial charge in [0.05, 0.1) is 4.92 Å². The third-order valence-electron chi connectivity index (χ3n) is 3.09. The van der Waals surface area contributed by atoms with Crippen molar-refractivity contribution in [3.05, 3.63) is 38.9 Å². The van der Waals surface area contributed by atoms with Gasteiger partial charge < -0.3 is 10.6 Å². The average molecular weight is 320 g/mol. The summed E-state index contributed by atoms with van der Waals surface area (Å²) in [6.45, 7) is 1.09. The Bertz CT molecular complexity index is 525. The molecule has 110 valence electrons. The van der Waals surface area contributed by atoms with Gasteiger partial charge in [-0.3, -0.25) is 14.9 Å². The zero-order valence-electron chi connectivity index (χ0n) is 10.6. The number of hydrogen-bond donors (Lipinski definition) is 1. The second-order valence-electron chi connectivity index (χ2n) is 4.61. The zero-order chi connectivity index (χ0) is 14.0. The number of nitrogens with zero attached hydrogens (tertiary/aromatic N) is 2. The number of piperidine rings is 1. The maximum absolute atomic E-state index is 12.3. The average Bonchev–Trinajstić information content (AvgIpc) is 2.37. The van der Waals surface area contributed by atoms with Crippen LogP contribution in [0.4, 0.5) is 5.69 Å². The van der Waals surface area contributed by atoms with Crippen LogP contribution in [0.3, 0.4) is 0 Å². The Morgan fingerprint density at radius 1 is 1.45 bits per heavy atom. The first-order chi connectivity index (χ1) is 8.97. The predicted molar refractivity (Wildman–Crippen MR) is 78.5 cm³/mol. The van der Waals surface area contributed by atoms with Gasteiger partial charge in [-0.15, -0.1) is 12.4 Å². The Morgan fingerprint density at radius 3 is 2.75 bits per heavy atom. The molecule has 0 aliphatic carbocycles. The molecule has 0 spiro atoms. The number of carbonyl (C=O) groups is 1. The van der Waals surface area contributed by atoms with E-state index in [1.807, 2.05) is 0 Å². The molecule has 20 heavy (non-hydrogen) atoms.